The van der Waals surface area contributed by atoms with Crippen LogP contribution in [0, 0.1) is 0 Å². The largest absolute Gasteiger partial charge is 0.491 e. The van der Waals surface area contributed by atoms with Gasteiger partial charge in [-0.1, -0.05) is 0 Å². The van der Waals surface area contributed by atoms with Gasteiger partial charge in [0.25, 0.3) is 0 Å². The van der Waals surface area contributed by atoms with Gasteiger partial charge in [0.05, 0.1) is 19.6 Å². The fourth-order valence-corrected chi connectivity index (χ4v) is 3.22. The first-order chi connectivity index (χ1) is 15.4. The van der Waals surface area contributed by atoms with Crippen molar-refractivity contribution in [3.05, 3.63) is 59.7 Å². The standard InChI is InChI=1S/C25H30O7/c1-4-28-13-14-29-20-9-5-18(6-10-20)23(26)15-24(27)19-7-11-21(12-8-19)30-16-22-17-31-25(2,3)32-22/h5-12,22H,4,13-17H2,1-3H3. The van der Waals surface area contributed by atoms with Crippen LogP contribution in [-0.2, 0) is 14.2 Å². The molecule has 0 amide bonds. The number of ketones is 2. The Morgan fingerprint density at radius 2 is 1.47 bits per heavy atom. The van der Waals surface area contributed by atoms with Gasteiger partial charge in [-0.2, -0.15) is 0 Å². The molecule has 1 heterocycles. The van der Waals surface area contributed by atoms with Crippen molar-refractivity contribution in [2.45, 2.75) is 39.1 Å². The van der Waals surface area contributed by atoms with Gasteiger partial charge < -0.3 is 23.7 Å². The van der Waals surface area contributed by atoms with E-state index < -0.39 is 5.79 Å². The maximum atomic E-state index is 12.5. The average Bonchev–Trinajstić information content (AvgIpc) is 3.14. The molecule has 1 unspecified atom stereocenters. The minimum atomic E-state index is -0.590. The van der Waals surface area contributed by atoms with E-state index in [0.717, 1.165) is 0 Å². The Morgan fingerprint density at radius 3 is 1.97 bits per heavy atom. The van der Waals surface area contributed by atoms with E-state index in [-0.39, 0.29) is 24.1 Å². The molecule has 7 heteroatoms. The molecule has 1 aliphatic rings. The van der Waals surface area contributed by atoms with Crippen molar-refractivity contribution in [2.24, 2.45) is 0 Å². The number of hydrogen-bond donors (Lipinski definition) is 0. The maximum Gasteiger partial charge on any atom is 0.170 e. The second kappa shape index (κ2) is 11.2. The van der Waals surface area contributed by atoms with E-state index in [1.54, 1.807) is 48.5 Å². The molecule has 1 atom stereocenters. The van der Waals surface area contributed by atoms with E-state index in [1.807, 2.05) is 20.8 Å². The van der Waals surface area contributed by atoms with E-state index in [2.05, 4.69) is 0 Å². The van der Waals surface area contributed by atoms with Crippen molar-refractivity contribution in [3.8, 4) is 11.5 Å². The molecule has 0 saturated carbocycles. The second-order valence-corrected chi connectivity index (χ2v) is 7.88. The minimum absolute atomic E-state index is 0.134. The zero-order valence-electron chi connectivity index (χ0n) is 18.8. The maximum absolute atomic E-state index is 12.5. The number of benzene rings is 2. The zero-order valence-corrected chi connectivity index (χ0v) is 18.8. The van der Waals surface area contributed by atoms with E-state index in [9.17, 15) is 9.59 Å². The van der Waals surface area contributed by atoms with Crippen LogP contribution in [0.5, 0.6) is 11.5 Å². The summed E-state index contributed by atoms with van der Waals surface area (Å²) in [5.74, 6) is 0.209. The first kappa shape index (κ1) is 23.9. The third kappa shape index (κ3) is 7.15. The lowest BCUT2D eigenvalue weighted by atomic mass is 10.0. The van der Waals surface area contributed by atoms with Crippen LogP contribution < -0.4 is 9.47 Å². The van der Waals surface area contributed by atoms with E-state index >= 15 is 0 Å². The molecule has 0 N–H and O–H groups in total. The molecule has 0 radical (unpaired) electrons. The predicted octanol–water partition coefficient (Wildman–Crippen LogP) is 4.09. The highest BCUT2D eigenvalue weighted by Gasteiger charge is 2.32. The van der Waals surface area contributed by atoms with Gasteiger partial charge in [-0.05, 0) is 69.3 Å². The topological polar surface area (TPSA) is 80.3 Å². The van der Waals surface area contributed by atoms with E-state index in [0.29, 0.717) is 55.7 Å². The van der Waals surface area contributed by atoms with Gasteiger partial charge in [-0.15, -0.1) is 0 Å². The van der Waals surface area contributed by atoms with Crippen molar-refractivity contribution < 1.29 is 33.3 Å². The normalized spacial score (nSPS) is 17.2. The number of carbonyl (C=O) groups excluding carboxylic acids is 2. The Bertz CT molecular complexity index is 888. The fourth-order valence-electron chi connectivity index (χ4n) is 3.22. The number of rotatable bonds is 12. The summed E-state index contributed by atoms with van der Waals surface area (Å²) in [5, 5.41) is 0. The summed E-state index contributed by atoms with van der Waals surface area (Å²) in [6.45, 7) is 8.08. The summed E-state index contributed by atoms with van der Waals surface area (Å²) >= 11 is 0. The molecular weight excluding hydrogens is 412 g/mol. The van der Waals surface area contributed by atoms with E-state index in [4.69, 9.17) is 23.7 Å². The van der Waals surface area contributed by atoms with Gasteiger partial charge in [0.1, 0.15) is 30.8 Å². The molecule has 3 rings (SSSR count). The fraction of sp³-hybridized carbons (Fsp3) is 0.440. The van der Waals surface area contributed by atoms with Crippen LogP contribution >= 0.6 is 0 Å². The molecule has 2 aromatic rings. The van der Waals surface area contributed by atoms with Crippen LogP contribution in [0.15, 0.2) is 48.5 Å². The molecule has 172 valence electrons. The van der Waals surface area contributed by atoms with Crippen LogP contribution in [-0.4, -0.2) is 56.5 Å². The molecule has 0 bridgehead atoms. The van der Waals surface area contributed by atoms with Gasteiger partial charge in [0, 0.05) is 17.7 Å². The lowest BCUT2D eigenvalue weighted by molar-refractivity contribution is -0.141. The monoisotopic (exact) mass is 442 g/mol. The Balaban J connectivity index is 1.46. The second-order valence-electron chi connectivity index (χ2n) is 7.88. The molecule has 1 saturated heterocycles. The van der Waals surface area contributed by atoms with Crippen molar-refractivity contribution in [1.82, 2.24) is 0 Å². The number of hydrogen-bond acceptors (Lipinski definition) is 7. The lowest BCUT2D eigenvalue weighted by Crippen LogP contribution is -2.25. The molecule has 0 aromatic heterocycles. The van der Waals surface area contributed by atoms with Crippen LogP contribution in [0.2, 0.25) is 0 Å². The lowest BCUT2D eigenvalue weighted by Gasteiger charge is -2.17. The van der Waals surface area contributed by atoms with Crippen molar-refractivity contribution in [3.63, 3.8) is 0 Å². The Hall–Kier alpha value is -2.74. The summed E-state index contributed by atoms with van der Waals surface area (Å²) in [5.41, 5.74) is 0.931. The summed E-state index contributed by atoms with van der Waals surface area (Å²) in [6, 6.07) is 13.5. The van der Waals surface area contributed by atoms with Crippen molar-refractivity contribution >= 4 is 11.6 Å². The zero-order chi connectivity index (χ0) is 23.0. The SMILES string of the molecule is CCOCCOc1ccc(C(=O)CC(=O)c2ccc(OCC3COC(C)(C)O3)cc2)cc1. The molecule has 0 spiro atoms. The Kier molecular flexibility index (Phi) is 8.39. The highest BCUT2D eigenvalue weighted by molar-refractivity contribution is 6.13. The first-order valence-electron chi connectivity index (χ1n) is 10.8. The third-order valence-electron chi connectivity index (χ3n) is 4.88. The molecule has 7 nitrogen and oxygen atoms in total. The van der Waals surface area contributed by atoms with Gasteiger partial charge in [-0.25, -0.2) is 0 Å². The third-order valence-corrected chi connectivity index (χ3v) is 4.88. The predicted molar refractivity (Wildman–Crippen MR) is 119 cm³/mol. The van der Waals surface area contributed by atoms with Gasteiger partial charge in [0.15, 0.2) is 17.4 Å². The summed E-state index contributed by atoms with van der Waals surface area (Å²) in [7, 11) is 0. The van der Waals surface area contributed by atoms with Crippen molar-refractivity contribution in [1.29, 1.82) is 0 Å². The number of Topliss-reactive ketones (excluding diaryl/α,β-unsaturated/α-hetero) is 2. The van der Waals surface area contributed by atoms with E-state index in [1.165, 1.54) is 0 Å². The summed E-state index contributed by atoms with van der Waals surface area (Å²) < 4.78 is 27.7. The average molecular weight is 443 g/mol. The van der Waals surface area contributed by atoms with Gasteiger partial charge >= 0.3 is 0 Å². The minimum Gasteiger partial charge on any atom is -0.491 e. The molecule has 2 aromatic carbocycles. The first-order valence-corrected chi connectivity index (χ1v) is 10.8. The Labute approximate surface area is 188 Å². The van der Waals surface area contributed by atoms with Crippen LogP contribution in [0.4, 0.5) is 0 Å². The number of ether oxygens (including phenoxy) is 5. The molecule has 32 heavy (non-hydrogen) atoms. The molecular formula is C25H30O7. The highest BCUT2D eigenvalue weighted by atomic mass is 16.7. The quantitative estimate of drug-likeness (QED) is 0.278. The highest BCUT2D eigenvalue weighted by Crippen LogP contribution is 2.23. The molecule has 1 fully saturated rings. The summed E-state index contributed by atoms with van der Waals surface area (Å²) in [4.78, 5) is 25.0. The molecule has 1 aliphatic heterocycles. The van der Waals surface area contributed by atoms with Gasteiger partial charge in [0.2, 0.25) is 0 Å². The van der Waals surface area contributed by atoms with Crippen LogP contribution in [0.3, 0.4) is 0 Å². The van der Waals surface area contributed by atoms with Crippen LogP contribution in [0.25, 0.3) is 0 Å². The van der Waals surface area contributed by atoms with Crippen molar-refractivity contribution in [2.75, 3.05) is 33.0 Å². The van der Waals surface area contributed by atoms with Crippen LogP contribution in [0.1, 0.15) is 47.9 Å². The summed E-state index contributed by atoms with van der Waals surface area (Å²) in [6.07, 6.45) is -0.335. The number of carbonyl (C=O) groups is 2. The Morgan fingerprint density at radius 1 is 0.906 bits per heavy atom. The molecule has 0 aliphatic carbocycles. The van der Waals surface area contributed by atoms with Gasteiger partial charge in [-0.3, -0.25) is 9.59 Å². The smallest absolute Gasteiger partial charge is 0.170 e.